The number of ether oxygens (including phenoxy) is 1. The molecule has 3 heterocycles. The summed E-state index contributed by atoms with van der Waals surface area (Å²) in [6.07, 6.45) is -0.182. The summed E-state index contributed by atoms with van der Waals surface area (Å²) in [6, 6.07) is 9.30. The number of hydrogen-bond acceptors (Lipinski definition) is 9. The van der Waals surface area contributed by atoms with Gasteiger partial charge < -0.3 is 30.9 Å². The van der Waals surface area contributed by atoms with E-state index in [-0.39, 0.29) is 47.3 Å². The van der Waals surface area contributed by atoms with Gasteiger partial charge in [-0.3, -0.25) is 14.2 Å². The number of anilines is 1. The average Bonchev–Trinajstić information content (AvgIpc) is 3.85. The molecule has 0 radical (unpaired) electrons. The van der Waals surface area contributed by atoms with Gasteiger partial charge in [0.1, 0.15) is 17.7 Å². The van der Waals surface area contributed by atoms with Gasteiger partial charge in [-0.2, -0.15) is 0 Å². The predicted octanol–water partition coefficient (Wildman–Crippen LogP) is -0.0374. The molecular formula is C26H27N7O5. The van der Waals surface area contributed by atoms with Gasteiger partial charge in [0, 0.05) is 17.6 Å². The Morgan fingerprint density at radius 1 is 1.13 bits per heavy atom. The number of aliphatic hydroxyl groups is 2. The third-order valence-corrected chi connectivity index (χ3v) is 6.86. The Morgan fingerprint density at radius 2 is 1.89 bits per heavy atom. The van der Waals surface area contributed by atoms with E-state index in [1.165, 1.54) is 10.9 Å². The van der Waals surface area contributed by atoms with Crippen LogP contribution in [0.3, 0.4) is 0 Å². The van der Waals surface area contributed by atoms with E-state index in [1.807, 2.05) is 18.2 Å². The van der Waals surface area contributed by atoms with E-state index in [2.05, 4.69) is 32.1 Å². The van der Waals surface area contributed by atoms with Crippen molar-refractivity contribution in [3.8, 4) is 11.8 Å². The number of hydrogen-bond donors (Lipinski definition) is 4. The molecule has 1 aromatic carbocycles. The van der Waals surface area contributed by atoms with Crippen molar-refractivity contribution in [3.05, 3.63) is 48.0 Å². The molecule has 3 aromatic rings. The van der Waals surface area contributed by atoms with Gasteiger partial charge in [0.25, 0.3) is 11.8 Å². The van der Waals surface area contributed by atoms with Crippen LogP contribution in [0.1, 0.15) is 48.1 Å². The molecule has 0 bridgehead atoms. The second kappa shape index (κ2) is 9.68. The van der Waals surface area contributed by atoms with Gasteiger partial charge in [-0.1, -0.05) is 24.1 Å². The quantitative estimate of drug-likeness (QED) is 0.328. The molecule has 2 amide bonds. The summed E-state index contributed by atoms with van der Waals surface area (Å²) in [4.78, 5) is 40.1. The molecule has 2 saturated carbocycles. The van der Waals surface area contributed by atoms with Crippen molar-refractivity contribution < 1.29 is 24.5 Å². The molecule has 3 aliphatic rings. The zero-order chi connectivity index (χ0) is 26.4. The van der Waals surface area contributed by atoms with Gasteiger partial charge in [0.15, 0.2) is 23.8 Å². The van der Waals surface area contributed by atoms with E-state index in [0.717, 1.165) is 25.7 Å². The Morgan fingerprint density at radius 3 is 2.61 bits per heavy atom. The maximum atomic E-state index is 13.0. The van der Waals surface area contributed by atoms with Gasteiger partial charge in [-0.15, -0.1) is 0 Å². The molecular weight excluding hydrogens is 490 g/mol. The summed E-state index contributed by atoms with van der Waals surface area (Å²) in [5.74, 6) is 5.48. The van der Waals surface area contributed by atoms with Crippen LogP contribution in [0.4, 0.5) is 5.82 Å². The Balaban J connectivity index is 1.23. The lowest BCUT2D eigenvalue weighted by Crippen LogP contribution is -2.43. The van der Waals surface area contributed by atoms with Gasteiger partial charge in [-0.25, -0.2) is 15.0 Å². The summed E-state index contributed by atoms with van der Waals surface area (Å²) < 4.78 is 7.16. The number of aromatic nitrogens is 4. The third kappa shape index (κ3) is 4.67. The summed E-state index contributed by atoms with van der Waals surface area (Å²) in [5, 5.41) is 23.9. The number of benzene rings is 1. The first-order valence-corrected chi connectivity index (χ1v) is 12.6. The maximum absolute atomic E-state index is 13.0. The van der Waals surface area contributed by atoms with Gasteiger partial charge >= 0.3 is 0 Å². The number of rotatable bonds is 6. The summed E-state index contributed by atoms with van der Waals surface area (Å²) in [6.45, 7) is 0.202. The number of amides is 2. The van der Waals surface area contributed by atoms with Crippen molar-refractivity contribution in [1.29, 1.82) is 0 Å². The number of carbonyl (C=O) groups excluding carboxylic acids is 2. The van der Waals surface area contributed by atoms with Crippen LogP contribution in [0.25, 0.3) is 11.2 Å². The summed E-state index contributed by atoms with van der Waals surface area (Å²) >= 11 is 0. The Hall–Kier alpha value is -4.05. The van der Waals surface area contributed by atoms with Gasteiger partial charge in [0.05, 0.1) is 12.9 Å². The topological polar surface area (TPSA) is 169 Å². The van der Waals surface area contributed by atoms with Crippen molar-refractivity contribution in [2.75, 3.05) is 12.3 Å². The van der Waals surface area contributed by atoms with E-state index in [9.17, 15) is 19.8 Å². The highest BCUT2D eigenvalue weighted by Crippen LogP contribution is 2.33. The van der Waals surface area contributed by atoms with Crippen molar-refractivity contribution >= 4 is 28.8 Å². The summed E-state index contributed by atoms with van der Waals surface area (Å²) in [7, 11) is 0. The first-order chi connectivity index (χ1) is 18.4. The molecule has 5 N–H and O–H groups in total. The SMILES string of the molecule is Nc1nc(C#CCN(C(=O)c2ccccc2)C2CC2)nc2c1ncn2[C@@H]1O[C@H](C(=O)NC2CC2)C(O)[C@H]1O. The van der Waals surface area contributed by atoms with Crippen LogP contribution in [0, 0.1) is 11.8 Å². The van der Waals surface area contributed by atoms with Gasteiger partial charge in [-0.05, 0) is 43.7 Å². The molecule has 1 aliphatic heterocycles. The van der Waals surface area contributed by atoms with E-state index >= 15 is 0 Å². The molecule has 12 nitrogen and oxygen atoms in total. The number of fused-ring (bicyclic) bond motifs is 1. The Bertz CT molecular complexity index is 1440. The molecule has 0 spiro atoms. The van der Waals surface area contributed by atoms with Crippen molar-refractivity contribution in [3.63, 3.8) is 0 Å². The minimum Gasteiger partial charge on any atom is -0.387 e. The molecule has 38 heavy (non-hydrogen) atoms. The van der Waals surface area contributed by atoms with E-state index < -0.39 is 30.4 Å². The number of carbonyl (C=O) groups is 2. The number of nitrogens with two attached hydrogens (primary N) is 1. The fraction of sp³-hybridized carbons (Fsp3) is 0.423. The number of nitrogens with one attached hydrogen (secondary N) is 1. The standard InChI is InChI=1S/C26H27N7O5/c27-22-18-23(33(13-28-18)26-20(35)19(34)21(38-26)24(36)29-15-8-9-15)31-17(30-22)7-4-12-32(16-10-11-16)25(37)14-5-2-1-3-6-14/h1-3,5-6,13,15-16,19-21,26,34-35H,8-12H2,(H,29,36)(H2,27,30,31)/t19?,20-,21+,26-/m1/s1. The zero-order valence-corrected chi connectivity index (χ0v) is 20.4. The van der Waals surface area contributed by atoms with Crippen LogP contribution in [0.5, 0.6) is 0 Å². The molecule has 1 saturated heterocycles. The molecule has 196 valence electrons. The largest absolute Gasteiger partial charge is 0.387 e. The molecule has 1 unspecified atom stereocenters. The van der Waals surface area contributed by atoms with Crippen LogP contribution in [0.2, 0.25) is 0 Å². The molecule has 6 rings (SSSR count). The van der Waals surface area contributed by atoms with Crippen molar-refractivity contribution in [2.45, 2.75) is 62.3 Å². The van der Waals surface area contributed by atoms with Crippen LogP contribution in [-0.2, 0) is 9.53 Å². The van der Waals surface area contributed by atoms with E-state index in [4.69, 9.17) is 10.5 Å². The normalized spacial score (nSPS) is 24.6. The zero-order valence-electron chi connectivity index (χ0n) is 20.4. The molecule has 3 fully saturated rings. The maximum Gasteiger partial charge on any atom is 0.254 e. The lowest BCUT2D eigenvalue weighted by molar-refractivity contribution is -0.137. The number of aliphatic hydroxyl groups excluding tert-OH is 2. The highest BCUT2D eigenvalue weighted by molar-refractivity contribution is 5.94. The predicted molar refractivity (Wildman–Crippen MR) is 134 cm³/mol. The highest BCUT2D eigenvalue weighted by Gasteiger charge is 2.48. The molecule has 2 aliphatic carbocycles. The lowest BCUT2D eigenvalue weighted by atomic mass is 10.1. The Kier molecular flexibility index (Phi) is 6.19. The second-order valence-corrected chi connectivity index (χ2v) is 9.80. The second-order valence-electron chi connectivity index (χ2n) is 9.80. The van der Waals surface area contributed by atoms with E-state index in [0.29, 0.717) is 5.56 Å². The van der Waals surface area contributed by atoms with Crippen LogP contribution in [-0.4, -0.2) is 83.4 Å². The third-order valence-electron chi connectivity index (χ3n) is 6.86. The van der Waals surface area contributed by atoms with Gasteiger partial charge in [0.2, 0.25) is 5.82 Å². The molecule has 12 heteroatoms. The monoisotopic (exact) mass is 517 g/mol. The van der Waals surface area contributed by atoms with E-state index in [1.54, 1.807) is 17.0 Å². The first kappa shape index (κ1) is 24.3. The van der Waals surface area contributed by atoms with Crippen molar-refractivity contribution in [1.82, 2.24) is 29.7 Å². The minimum atomic E-state index is -1.43. The van der Waals surface area contributed by atoms with Crippen LogP contribution in [0.15, 0.2) is 36.7 Å². The fourth-order valence-electron chi connectivity index (χ4n) is 4.50. The highest BCUT2D eigenvalue weighted by atomic mass is 16.6. The summed E-state index contributed by atoms with van der Waals surface area (Å²) in [5.41, 5.74) is 7.22. The molecule has 4 atom stereocenters. The lowest BCUT2D eigenvalue weighted by Gasteiger charge is -2.19. The number of imidazole rings is 1. The first-order valence-electron chi connectivity index (χ1n) is 12.6. The number of nitrogens with zero attached hydrogens (tertiary/aromatic N) is 5. The molecule has 2 aromatic heterocycles. The van der Waals surface area contributed by atoms with Crippen LogP contribution < -0.4 is 11.1 Å². The van der Waals surface area contributed by atoms with Crippen LogP contribution >= 0.6 is 0 Å². The fourth-order valence-corrected chi connectivity index (χ4v) is 4.50. The Labute approximate surface area is 217 Å². The van der Waals surface area contributed by atoms with Crippen molar-refractivity contribution in [2.24, 2.45) is 0 Å². The number of nitrogen functional groups attached to an aromatic ring is 1. The average molecular weight is 518 g/mol. The minimum absolute atomic E-state index is 0.0773. The smallest absolute Gasteiger partial charge is 0.254 e.